The third-order valence-corrected chi connectivity index (χ3v) is 4.60. The van der Waals surface area contributed by atoms with E-state index in [9.17, 15) is 0 Å². The highest BCUT2D eigenvalue weighted by atomic mass is 32.1. The molecule has 0 radical (unpaired) electrons. The van der Waals surface area contributed by atoms with Gasteiger partial charge in [-0.3, -0.25) is 0 Å². The highest BCUT2D eigenvalue weighted by Crippen LogP contribution is 2.19. The molecule has 1 unspecified atom stereocenters. The van der Waals surface area contributed by atoms with Crippen LogP contribution in [-0.4, -0.2) is 18.1 Å². The standard InChI is InChI=1S/C18H26N2S/c1-4-9-19-12-17(11-18-13-20-15(3)21-18)10-16-7-5-14(2)6-8-16/h5-8,13,17,19H,4,9-12H2,1-3H3. The lowest BCUT2D eigenvalue weighted by Crippen LogP contribution is -2.26. The molecule has 0 aliphatic carbocycles. The maximum atomic E-state index is 4.38. The van der Waals surface area contributed by atoms with Crippen LogP contribution in [0.2, 0.25) is 0 Å². The van der Waals surface area contributed by atoms with Crippen LogP contribution in [-0.2, 0) is 12.8 Å². The van der Waals surface area contributed by atoms with Gasteiger partial charge < -0.3 is 5.32 Å². The zero-order valence-electron chi connectivity index (χ0n) is 13.4. The Morgan fingerprint density at radius 1 is 1.14 bits per heavy atom. The third kappa shape index (κ3) is 5.60. The predicted molar refractivity (Wildman–Crippen MR) is 92.1 cm³/mol. The Kier molecular flexibility index (Phi) is 6.40. The first-order chi connectivity index (χ1) is 10.2. The molecule has 0 amide bonds. The average molecular weight is 302 g/mol. The Morgan fingerprint density at radius 3 is 2.52 bits per heavy atom. The molecule has 114 valence electrons. The molecular formula is C18H26N2S. The van der Waals surface area contributed by atoms with Gasteiger partial charge in [-0.15, -0.1) is 11.3 Å². The Balaban J connectivity index is 1.98. The van der Waals surface area contributed by atoms with Crippen molar-refractivity contribution in [2.75, 3.05) is 13.1 Å². The van der Waals surface area contributed by atoms with E-state index >= 15 is 0 Å². The summed E-state index contributed by atoms with van der Waals surface area (Å²) in [5, 5.41) is 4.75. The Morgan fingerprint density at radius 2 is 1.90 bits per heavy atom. The van der Waals surface area contributed by atoms with Crippen molar-refractivity contribution in [1.29, 1.82) is 0 Å². The Hall–Kier alpha value is -1.19. The SMILES string of the molecule is CCCNCC(Cc1ccc(C)cc1)Cc1cnc(C)s1. The van der Waals surface area contributed by atoms with E-state index in [4.69, 9.17) is 0 Å². The number of aryl methyl sites for hydroxylation is 2. The quantitative estimate of drug-likeness (QED) is 0.741. The average Bonchev–Trinajstić information content (AvgIpc) is 2.87. The number of hydrogen-bond acceptors (Lipinski definition) is 3. The summed E-state index contributed by atoms with van der Waals surface area (Å²) in [5.74, 6) is 0.638. The number of thiazole rings is 1. The van der Waals surface area contributed by atoms with Crippen molar-refractivity contribution in [3.63, 3.8) is 0 Å². The fraction of sp³-hybridized carbons (Fsp3) is 0.500. The summed E-state index contributed by atoms with van der Waals surface area (Å²) in [6.45, 7) is 8.63. The molecule has 1 atom stereocenters. The van der Waals surface area contributed by atoms with Crippen molar-refractivity contribution in [3.8, 4) is 0 Å². The van der Waals surface area contributed by atoms with Crippen LogP contribution in [0.25, 0.3) is 0 Å². The molecule has 1 aromatic carbocycles. The Labute approximate surface area is 132 Å². The minimum Gasteiger partial charge on any atom is -0.316 e. The van der Waals surface area contributed by atoms with Gasteiger partial charge in [0.1, 0.15) is 0 Å². The Bertz CT molecular complexity index is 530. The van der Waals surface area contributed by atoms with Crippen LogP contribution in [0.5, 0.6) is 0 Å². The monoisotopic (exact) mass is 302 g/mol. The summed E-state index contributed by atoms with van der Waals surface area (Å²) >= 11 is 1.83. The summed E-state index contributed by atoms with van der Waals surface area (Å²) in [7, 11) is 0. The van der Waals surface area contributed by atoms with Crippen molar-refractivity contribution in [2.24, 2.45) is 5.92 Å². The van der Waals surface area contributed by atoms with Gasteiger partial charge >= 0.3 is 0 Å². The van der Waals surface area contributed by atoms with E-state index in [0.717, 1.165) is 25.9 Å². The van der Waals surface area contributed by atoms with Crippen LogP contribution in [0.15, 0.2) is 30.5 Å². The normalized spacial score (nSPS) is 12.5. The molecule has 0 aliphatic rings. The number of benzene rings is 1. The number of hydrogen-bond donors (Lipinski definition) is 1. The molecule has 0 saturated heterocycles. The molecule has 2 nitrogen and oxygen atoms in total. The number of rotatable bonds is 8. The van der Waals surface area contributed by atoms with Crippen molar-refractivity contribution >= 4 is 11.3 Å². The van der Waals surface area contributed by atoms with E-state index in [2.05, 4.69) is 55.3 Å². The summed E-state index contributed by atoms with van der Waals surface area (Å²) in [6, 6.07) is 8.95. The fourth-order valence-electron chi connectivity index (χ4n) is 2.54. The topological polar surface area (TPSA) is 24.9 Å². The lowest BCUT2D eigenvalue weighted by molar-refractivity contribution is 0.473. The summed E-state index contributed by atoms with van der Waals surface area (Å²) in [6.07, 6.45) is 5.49. The highest BCUT2D eigenvalue weighted by molar-refractivity contribution is 7.11. The van der Waals surface area contributed by atoms with E-state index in [0.29, 0.717) is 5.92 Å². The third-order valence-electron chi connectivity index (χ3n) is 3.66. The van der Waals surface area contributed by atoms with E-state index in [1.165, 1.54) is 27.4 Å². The van der Waals surface area contributed by atoms with Gasteiger partial charge in [-0.05, 0) is 57.7 Å². The second-order valence-electron chi connectivity index (χ2n) is 5.81. The van der Waals surface area contributed by atoms with Crippen molar-refractivity contribution < 1.29 is 0 Å². The van der Waals surface area contributed by atoms with Crippen molar-refractivity contribution in [1.82, 2.24) is 10.3 Å². The second kappa shape index (κ2) is 8.30. The van der Waals surface area contributed by atoms with Gasteiger partial charge in [0, 0.05) is 11.1 Å². The van der Waals surface area contributed by atoms with Gasteiger partial charge in [0.05, 0.1) is 5.01 Å². The maximum absolute atomic E-state index is 4.38. The van der Waals surface area contributed by atoms with Crippen LogP contribution in [0.1, 0.15) is 34.4 Å². The molecule has 0 bridgehead atoms. The zero-order valence-corrected chi connectivity index (χ0v) is 14.2. The first-order valence-electron chi connectivity index (χ1n) is 7.85. The molecule has 3 heteroatoms. The molecule has 1 aromatic heterocycles. The predicted octanol–water partition coefficient (Wildman–Crippen LogP) is 4.16. The molecule has 21 heavy (non-hydrogen) atoms. The molecule has 1 N–H and O–H groups in total. The lowest BCUT2D eigenvalue weighted by atomic mass is 9.95. The van der Waals surface area contributed by atoms with E-state index < -0.39 is 0 Å². The molecule has 0 spiro atoms. The molecule has 0 fully saturated rings. The summed E-state index contributed by atoms with van der Waals surface area (Å²) in [4.78, 5) is 5.79. The van der Waals surface area contributed by atoms with Crippen LogP contribution >= 0.6 is 11.3 Å². The van der Waals surface area contributed by atoms with Crippen LogP contribution in [0, 0.1) is 19.8 Å². The number of nitrogens with one attached hydrogen (secondary N) is 1. The molecule has 2 aromatic rings. The molecule has 2 rings (SSSR count). The summed E-state index contributed by atoms with van der Waals surface area (Å²) in [5.41, 5.74) is 2.77. The largest absolute Gasteiger partial charge is 0.316 e. The van der Waals surface area contributed by atoms with Crippen LogP contribution < -0.4 is 5.32 Å². The zero-order chi connectivity index (χ0) is 15.1. The van der Waals surface area contributed by atoms with Crippen LogP contribution in [0.3, 0.4) is 0 Å². The molecule has 0 aliphatic heterocycles. The van der Waals surface area contributed by atoms with Gasteiger partial charge in [0.2, 0.25) is 0 Å². The van der Waals surface area contributed by atoms with Gasteiger partial charge in [-0.2, -0.15) is 0 Å². The van der Waals surface area contributed by atoms with E-state index in [1.807, 2.05) is 17.5 Å². The van der Waals surface area contributed by atoms with E-state index in [1.54, 1.807) is 0 Å². The van der Waals surface area contributed by atoms with Crippen molar-refractivity contribution in [2.45, 2.75) is 40.0 Å². The van der Waals surface area contributed by atoms with Crippen LogP contribution in [0.4, 0.5) is 0 Å². The molecule has 1 heterocycles. The number of nitrogens with zero attached hydrogens (tertiary/aromatic N) is 1. The smallest absolute Gasteiger partial charge is 0.0896 e. The van der Waals surface area contributed by atoms with Crippen molar-refractivity contribution in [3.05, 3.63) is 51.5 Å². The second-order valence-corrected chi connectivity index (χ2v) is 7.13. The number of aromatic nitrogens is 1. The minimum atomic E-state index is 0.638. The van der Waals surface area contributed by atoms with Gasteiger partial charge in [-0.1, -0.05) is 36.8 Å². The van der Waals surface area contributed by atoms with Gasteiger partial charge in [0.15, 0.2) is 0 Å². The first kappa shape index (κ1) is 16.2. The molecular weight excluding hydrogens is 276 g/mol. The van der Waals surface area contributed by atoms with Gasteiger partial charge in [-0.25, -0.2) is 4.98 Å². The minimum absolute atomic E-state index is 0.638. The van der Waals surface area contributed by atoms with Gasteiger partial charge in [0.25, 0.3) is 0 Å². The van der Waals surface area contributed by atoms with E-state index in [-0.39, 0.29) is 0 Å². The lowest BCUT2D eigenvalue weighted by Gasteiger charge is -2.17. The molecule has 0 saturated carbocycles. The highest BCUT2D eigenvalue weighted by Gasteiger charge is 2.12. The first-order valence-corrected chi connectivity index (χ1v) is 8.66. The summed E-state index contributed by atoms with van der Waals surface area (Å²) < 4.78 is 0. The fourth-order valence-corrected chi connectivity index (χ4v) is 3.45. The maximum Gasteiger partial charge on any atom is 0.0896 e.